The highest BCUT2D eigenvalue weighted by molar-refractivity contribution is 5.72. The fraction of sp³-hybridized carbons (Fsp3) is 0.562. The summed E-state index contributed by atoms with van der Waals surface area (Å²) in [6.45, 7) is 4.06. The normalized spacial score (nSPS) is 28.5. The number of rotatable bonds is 4. The smallest absolute Gasteiger partial charge is 0.320 e. The van der Waals surface area contributed by atoms with Crippen molar-refractivity contribution in [3.05, 3.63) is 35.9 Å². The Morgan fingerprint density at radius 1 is 1.42 bits per heavy atom. The van der Waals surface area contributed by atoms with Gasteiger partial charge in [0, 0.05) is 6.04 Å². The van der Waals surface area contributed by atoms with Crippen LogP contribution in [-0.4, -0.2) is 35.1 Å². The van der Waals surface area contributed by atoms with Gasteiger partial charge in [-0.1, -0.05) is 37.3 Å². The van der Waals surface area contributed by atoms with E-state index < -0.39 is 12.0 Å². The van der Waals surface area contributed by atoms with Crippen molar-refractivity contribution in [3.8, 4) is 0 Å². The van der Waals surface area contributed by atoms with E-state index >= 15 is 0 Å². The molecular weight excluding hydrogens is 238 g/mol. The molecule has 1 saturated carbocycles. The van der Waals surface area contributed by atoms with Crippen LogP contribution in [0.1, 0.15) is 38.7 Å². The van der Waals surface area contributed by atoms with Gasteiger partial charge in [-0.3, -0.25) is 9.69 Å². The Morgan fingerprint density at radius 2 is 2.05 bits per heavy atom. The van der Waals surface area contributed by atoms with Crippen LogP contribution >= 0.6 is 0 Å². The molecule has 1 aliphatic rings. The number of likely N-dealkylation sites (N-methyl/N-ethyl adjacent to an activating group) is 1. The molecule has 1 fully saturated rings. The molecule has 3 nitrogen and oxygen atoms in total. The first-order chi connectivity index (χ1) is 8.94. The summed E-state index contributed by atoms with van der Waals surface area (Å²) in [5.74, 6) is -0.740. The second kappa shape index (κ2) is 5.33. The first kappa shape index (κ1) is 14.1. The fourth-order valence-corrected chi connectivity index (χ4v) is 3.15. The first-order valence-corrected chi connectivity index (χ1v) is 6.94. The van der Waals surface area contributed by atoms with Crippen molar-refractivity contribution >= 4 is 5.97 Å². The fourth-order valence-electron chi connectivity index (χ4n) is 3.15. The lowest BCUT2D eigenvalue weighted by Gasteiger charge is -2.30. The maximum absolute atomic E-state index is 11.1. The summed E-state index contributed by atoms with van der Waals surface area (Å²) in [7, 11) is 1.93. The molecule has 2 rings (SSSR count). The van der Waals surface area contributed by atoms with Gasteiger partial charge in [-0.05, 0) is 44.2 Å². The van der Waals surface area contributed by atoms with Gasteiger partial charge >= 0.3 is 5.97 Å². The SMILES string of the molecule is CC(C(=O)O)N(C)C1CCC(C)(c2ccccc2)C1. The van der Waals surface area contributed by atoms with Crippen molar-refractivity contribution in [2.45, 2.75) is 50.6 Å². The molecule has 1 N–H and O–H groups in total. The van der Waals surface area contributed by atoms with Crippen molar-refractivity contribution < 1.29 is 9.90 Å². The summed E-state index contributed by atoms with van der Waals surface area (Å²) in [6.07, 6.45) is 3.23. The largest absolute Gasteiger partial charge is 0.480 e. The number of carboxylic acid groups (broad SMARTS) is 1. The van der Waals surface area contributed by atoms with Crippen LogP contribution in [0, 0.1) is 0 Å². The second-order valence-electron chi connectivity index (χ2n) is 6.00. The molecule has 0 spiro atoms. The highest BCUT2D eigenvalue weighted by Crippen LogP contribution is 2.42. The van der Waals surface area contributed by atoms with E-state index in [1.54, 1.807) is 6.92 Å². The number of carbonyl (C=O) groups is 1. The van der Waals surface area contributed by atoms with E-state index in [0.717, 1.165) is 19.3 Å². The Morgan fingerprint density at radius 3 is 2.63 bits per heavy atom. The molecule has 0 saturated heterocycles. The van der Waals surface area contributed by atoms with Gasteiger partial charge in [-0.25, -0.2) is 0 Å². The number of nitrogens with zero attached hydrogens (tertiary/aromatic N) is 1. The van der Waals surface area contributed by atoms with Gasteiger partial charge in [0.2, 0.25) is 0 Å². The number of carboxylic acids is 1. The van der Waals surface area contributed by atoms with E-state index in [0.29, 0.717) is 6.04 Å². The molecule has 1 aliphatic carbocycles. The summed E-state index contributed by atoms with van der Waals surface area (Å²) in [4.78, 5) is 13.1. The van der Waals surface area contributed by atoms with Gasteiger partial charge in [0.05, 0.1) is 0 Å². The molecule has 0 amide bonds. The number of hydrogen-bond acceptors (Lipinski definition) is 2. The van der Waals surface area contributed by atoms with Gasteiger partial charge in [-0.15, -0.1) is 0 Å². The molecular formula is C16H23NO2. The molecule has 3 atom stereocenters. The van der Waals surface area contributed by atoms with E-state index in [-0.39, 0.29) is 5.41 Å². The minimum atomic E-state index is -0.740. The Labute approximate surface area is 115 Å². The van der Waals surface area contributed by atoms with Crippen molar-refractivity contribution in [3.63, 3.8) is 0 Å². The summed E-state index contributed by atoms with van der Waals surface area (Å²) in [5.41, 5.74) is 1.55. The molecule has 0 radical (unpaired) electrons. The Balaban J connectivity index is 2.09. The quantitative estimate of drug-likeness (QED) is 0.906. The van der Waals surface area contributed by atoms with Crippen LogP contribution < -0.4 is 0 Å². The molecule has 3 unspecified atom stereocenters. The molecule has 1 aromatic rings. The minimum Gasteiger partial charge on any atom is -0.480 e. The third-order valence-corrected chi connectivity index (χ3v) is 4.73. The summed E-state index contributed by atoms with van der Waals surface area (Å²) in [5, 5.41) is 9.12. The summed E-state index contributed by atoms with van der Waals surface area (Å²) < 4.78 is 0. The molecule has 19 heavy (non-hydrogen) atoms. The minimum absolute atomic E-state index is 0.179. The van der Waals surface area contributed by atoms with Crippen molar-refractivity contribution in [2.75, 3.05) is 7.05 Å². The van der Waals surface area contributed by atoms with E-state index in [1.807, 2.05) is 18.0 Å². The standard InChI is InChI=1S/C16H23NO2/c1-12(15(18)19)17(3)14-9-10-16(2,11-14)13-7-5-4-6-8-13/h4-8,12,14H,9-11H2,1-3H3,(H,18,19). The maximum atomic E-state index is 11.1. The van der Waals surface area contributed by atoms with Crippen LogP contribution in [0.5, 0.6) is 0 Å². The first-order valence-electron chi connectivity index (χ1n) is 6.94. The molecule has 0 aromatic heterocycles. The maximum Gasteiger partial charge on any atom is 0.320 e. The molecule has 0 heterocycles. The van der Waals surface area contributed by atoms with E-state index in [1.165, 1.54) is 5.56 Å². The molecule has 104 valence electrons. The predicted molar refractivity (Wildman–Crippen MR) is 76.3 cm³/mol. The zero-order valence-electron chi connectivity index (χ0n) is 12.0. The Kier molecular flexibility index (Phi) is 3.95. The van der Waals surface area contributed by atoms with Gasteiger partial charge in [0.25, 0.3) is 0 Å². The lowest BCUT2D eigenvalue weighted by molar-refractivity contribution is -0.142. The van der Waals surface area contributed by atoms with Crippen LogP contribution in [-0.2, 0) is 10.2 Å². The van der Waals surface area contributed by atoms with Gasteiger partial charge < -0.3 is 5.11 Å². The average Bonchev–Trinajstić information content (AvgIpc) is 2.82. The topological polar surface area (TPSA) is 40.5 Å². The van der Waals surface area contributed by atoms with Gasteiger partial charge in [-0.2, -0.15) is 0 Å². The lowest BCUT2D eigenvalue weighted by atomic mass is 9.81. The van der Waals surface area contributed by atoms with Crippen LogP contribution in [0.3, 0.4) is 0 Å². The highest BCUT2D eigenvalue weighted by Gasteiger charge is 2.39. The number of hydrogen-bond donors (Lipinski definition) is 1. The van der Waals surface area contributed by atoms with Crippen LogP contribution in [0.25, 0.3) is 0 Å². The molecule has 0 bridgehead atoms. The van der Waals surface area contributed by atoms with E-state index in [9.17, 15) is 4.79 Å². The molecule has 1 aromatic carbocycles. The lowest BCUT2D eigenvalue weighted by Crippen LogP contribution is -2.42. The molecule has 0 aliphatic heterocycles. The van der Waals surface area contributed by atoms with E-state index in [2.05, 4.69) is 31.2 Å². The van der Waals surface area contributed by atoms with Gasteiger partial charge in [0.1, 0.15) is 6.04 Å². The second-order valence-corrected chi connectivity index (χ2v) is 6.00. The van der Waals surface area contributed by atoms with E-state index in [4.69, 9.17) is 5.11 Å². The predicted octanol–water partition coefficient (Wildman–Crippen LogP) is 2.90. The Hall–Kier alpha value is -1.35. The average molecular weight is 261 g/mol. The monoisotopic (exact) mass is 261 g/mol. The Bertz CT molecular complexity index is 445. The van der Waals surface area contributed by atoms with Crippen molar-refractivity contribution in [2.24, 2.45) is 0 Å². The third-order valence-electron chi connectivity index (χ3n) is 4.73. The number of benzene rings is 1. The van der Waals surface area contributed by atoms with Crippen molar-refractivity contribution in [1.29, 1.82) is 0 Å². The van der Waals surface area contributed by atoms with Gasteiger partial charge in [0.15, 0.2) is 0 Å². The number of aliphatic carboxylic acids is 1. The summed E-state index contributed by atoms with van der Waals surface area (Å²) in [6, 6.07) is 10.5. The molecule has 3 heteroatoms. The van der Waals surface area contributed by atoms with Crippen molar-refractivity contribution in [1.82, 2.24) is 4.90 Å². The third kappa shape index (κ3) is 2.81. The van der Waals surface area contributed by atoms with Crippen LogP contribution in [0.4, 0.5) is 0 Å². The summed E-state index contributed by atoms with van der Waals surface area (Å²) >= 11 is 0. The zero-order valence-corrected chi connectivity index (χ0v) is 12.0. The zero-order chi connectivity index (χ0) is 14.0. The van der Waals surface area contributed by atoms with Crippen LogP contribution in [0.2, 0.25) is 0 Å². The highest BCUT2D eigenvalue weighted by atomic mass is 16.4. The van der Waals surface area contributed by atoms with Crippen LogP contribution in [0.15, 0.2) is 30.3 Å².